The Labute approximate surface area is 115 Å². The number of imide groups is 1. The maximum absolute atomic E-state index is 11.5. The van der Waals surface area contributed by atoms with Gasteiger partial charge in [0.1, 0.15) is 11.6 Å². The first-order valence-electron chi connectivity index (χ1n) is 5.46. The second-order valence-corrected chi connectivity index (χ2v) is 3.60. The molecule has 0 unspecified atom stereocenters. The zero-order valence-electron chi connectivity index (χ0n) is 11.0. The number of nitriles is 1. The third-order valence-electron chi connectivity index (χ3n) is 2.32. The van der Waals surface area contributed by atoms with Gasteiger partial charge in [0.25, 0.3) is 5.91 Å². The lowest BCUT2D eigenvalue weighted by Crippen LogP contribution is -2.35. The Morgan fingerprint density at radius 3 is 2.45 bits per heavy atom. The van der Waals surface area contributed by atoms with E-state index in [9.17, 15) is 9.59 Å². The van der Waals surface area contributed by atoms with E-state index in [4.69, 9.17) is 20.5 Å². The van der Waals surface area contributed by atoms with Crippen molar-refractivity contribution in [2.24, 2.45) is 5.73 Å². The maximum Gasteiger partial charge on any atom is 0.319 e. The van der Waals surface area contributed by atoms with Crippen LogP contribution in [0.1, 0.15) is 5.56 Å². The van der Waals surface area contributed by atoms with Crippen molar-refractivity contribution in [1.82, 2.24) is 5.32 Å². The molecular weight excluding hydrogens is 262 g/mol. The van der Waals surface area contributed by atoms with E-state index in [1.165, 1.54) is 20.3 Å². The molecule has 7 nitrogen and oxygen atoms in total. The van der Waals surface area contributed by atoms with E-state index in [1.54, 1.807) is 24.3 Å². The highest BCUT2D eigenvalue weighted by atomic mass is 16.5. The number of nitrogens with two attached hydrogens (primary N) is 1. The standard InChI is InChI=1S/C13H13N3O4/c1-19-10-4-3-8(6-11(10)20-2)5-9(7-14)12(17)16-13(15)18/h3-6H,1-2H3,(H3,15,16,17,18)/b9-5-. The summed E-state index contributed by atoms with van der Waals surface area (Å²) in [5.74, 6) is 0.105. The molecule has 0 aliphatic heterocycles. The van der Waals surface area contributed by atoms with Gasteiger partial charge in [0, 0.05) is 0 Å². The number of carbonyl (C=O) groups is 2. The molecule has 20 heavy (non-hydrogen) atoms. The van der Waals surface area contributed by atoms with Crippen molar-refractivity contribution in [2.45, 2.75) is 0 Å². The third kappa shape index (κ3) is 3.74. The summed E-state index contributed by atoms with van der Waals surface area (Å²) in [4.78, 5) is 22.1. The third-order valence-corrected chi connectivity index (χ3v) is 2.32. The maximum atomic E-state index is 11.5. The molecule has 3 N–H and O–H groups in total. The fraction of sp³-hybridized carbons (Fsp3) is 0.154. The molecule has 0 saturated carbocycles. The average molecular weight is 275 g/mol. The normalized spacial score (nSPS) is 10.3. The highest BCUT2D eigenvalue weighted by Gasteiger charge is 2.11. The molecule has 0 radical (unpaired) electrons. The predicted molar refractivity (Wildman–Crippen MR) is 70.9 cm³/mol. The lowest BCUT2D eigenvalue weighted by Gasteiger charge is -2.08. The molecule has 0 fully saturated rings. The Hall–Kier alpha value is -3.01. The quantitative estimate of drug-likeness (QED) is 0.623. The average Bonchev–Trinajstić information content (AvgIpc) is 2.43. The van der Waals surface area contributed by atoms with Gasteiger partial charge in [0.2, 0.25) is 0 Å². The molecule has 0 aromatic heterocycles. The fourth-order valence-electron chi connectivity index (χ4n) is 1.44. The van der Waals surface area contributed by atoms with Crippen LogP contribution < -0.4 is 20.5 Å². The van der Waals surface area contributed by atoms with Crippen molar-refractivity contribution in [3.8, 4) is 17.6 Å². The van der Waals surface area contributed by atoms with Crippen LogP contribution in [0.2, 0.25) is 0 Å². The largest absolute Gasteiger partial charge is 0.493 e. The minimum absolute atomic E-state index is 0.254. The first kappa shape index (κ1) is 15.0. The molecule has 0 spiro atoms. The number of ether oxygens (including phenoxy) is 2. The Morgan fingerprint density at radius 1 is 1.30 bits per heavy atom. The number of carbonyl (C=O) groups excluding carboxylic acids is 2. The topological polar surface area (TPSA) is 114 Å². The minimum Gasteiger partial charge on any atom is -0.493 e. The molecule has 1 aromatic carbocycles. The number of hydrogen-bond acceptors (Lipinski definition) is 5. The Kier molecular flexibility index (Phi) is 5.12. The number of urea groups is 1. The molecule has 0 atom stereocenters. The number of amides is 3. The Bertz CT molecular complexity index is 602. The lowest BCUT2D eigenvalue weighted by molar-refractivity contribution is -0.115. The Balaban J connectivity index is 3.11. The highest BCUT2D eigenvalue weighted by Crippen LogP contribution is 2.28. The van der Waals surface area contributed by atoms with E-state index in [0.29, 0.717) is 17.1 Å². The number of nitrogens with zero attached hydrogens (tertiary/aromatic N) is 1. The van der Waals surface area contributed by atoms with Crippen LogP contribution >= 0.6 is 0 Å². The van der Waals surface area contributed by atoms with Gasteiger partial charge < -0.3 is 15.2 Å². The second-order valence-electron chi connectivity index (χ2n) is 3.60. The van der Waals surface area contributed by atoms with Crippen LogP contribution in [0.25, 0.3) is 6.08 Å². The molecular formula is C13H13N3O4. The van der Waals surface area contributed by atoms with E-state index in [-0.39, 0.29) is 5.57 Å². The zero-order chi connectivity index (χ0) is 15.1. The number of primary amides is 1. The molecule has 7 heteroatoms. The number of methoxy groups -OCH3 is 2. The summed E-state index contributed by atoms with van der Waals surface area (Å²) in [5, 5.41) is 10.7. The van der Waals surface area contributed by atoms with Crippen LogP contribution in [0.3, 0.4) is 0 Å². The van der Waals surface area contributed by atoms with Gasteiger partial charge in [-0.1, -0.05) is 6.07 Å². The molecule has 1 rings (SSSR count). The number of nitrogens with one attached hydrogen (secondary N) is 1. The zero-order valence-corrected chi connectivity index (χ0v) is 11.0. The van der Waals surface area contributed by atoms with Crippen LogP contribution in [0.4, 0.5) is 4.79 Å². The van der Waals surface area contributed by atoms with Crippen molar-refractivity contribution in [1.29, 1.82) is 5.26 Å². The van der Waals surface area contributed by atoms with Crippen molar-refractivity contribution < 1.29 is 19.1 Å². The van der Waals surface area contributed by atoms with E-state index >= 15 is 0 Å². The summed E-state index contributed by atoms with van der Waals surface area (Å²) in [6.45, 7) is 0. The van der Waals surface area contributed by atoms with Crippen molar-refractivity contribution in [2.75, 3.05) is 14.2 Å². The van der Waals surface area contributed by atoms with Gasteiger partial charge in [-0.15, -0.1) is 0 Å². The van der Waals surface area contributed by atoms with E-state index in [1.807, 2.05) is 5.32 Å². The number of benzene rings is 1. The van der Waals surface area contributed by atoms with Crippen LogP contribution in [0.15, 0.2) is 23.8 Å². The van der Waals surface area contributed by atoms with Gasteiger partial charge in [0.15, 0.2) is 11.5 Å². The molecule has 0 bridgehead atoms. The van der Waals surface area contributed by atoms with Crippen molar-refractivity contribution >= 4 is 18.0 Å². The van der Waals surface area contributed by atoms with Crippen LogP contribution in [0.5, 0.6) is 11.5 Å². The summed E-state index contributed by atoms with van der Waals surface area (Å²) < 4.78 is 10.2. The minimum atomic E-state index is -1.02. The molecule has 1 aromatic rings. The van der Waals surface area contributed by atoms with Gasteiger partial charge in [0.05, 0.1) is 14.2 Å². The van der Waals surface area contributed by atoms with Crippen molar-refractivity contribution in [3.63, 3.8) is 0 Å². The summed E-state index contributed by atoms with van der Waals surface area (Å²) >= 11 is 0. The lowest BCUT2D eigenvalue weighted by atomic mass is 10.1. The van der Waals surface area contributed by atoms with Crippen LogP contribution in [-0.2, 0) is 4.79 Å². The van der Waals surface area contributed by atoms with Crippen LogP contribution in [-0.4, -0.2) is 26.2 Å². The number of rotatable bonds is 4. The number of hydrogen-bond donors (Lipinski definition) is 2. The predicted octanol–water partition coefficient (Wildman–Crippen LogP) is 0.806. The van der Waals surface area contributed by atoms with E-state index < -0.39 is 11.9 Å². The molecule has 3 amide bonds. The van der Waals surface area contributed by atoms with Gasteiger partial charge in [-0.05, 0) is 23.8 Å². The van der Waals surface area contributed by atoms with Gasteiger partial charge in [-0.25, -0.2) is 4.79 Å². The van der Waals surface area contributed by atoms with Crippen molar-refractivity contribution in [3.05, 3.63) is 29.3 Å². The van der Waals surface area contributed by atoms with E-state index in [2.05, 4.69) is 0 Å². The second kappa shape index (κ2) is 6.80. The monoisotopic (exact) mass is 275 g/mol. The SMILES string of the molecule is COc1ccc(/C=C(/C#N)C(=O)NC(N)=O)cc1OC. The van der Waals surface area contributed by atoms with Gasteiger partial charge in [-0.2, -0.15) is 5.26 Å². The molecule has 104 valence electrons. The summed E-state index contributed by atoms with van der Waals surface area (Å²) in [6.07, 6.45) is 1.31. The molecule has 0 heterocycles. The first-order chi connectivity index (χ1) is 9.51. The molecule has 0 aliphatic carbocycles. The van der Waals surface area contributed by atoms with Gasteiger partial charge in [-0.3, -0.25) is 10.1 Å². The van der Waals surface area contributed by atoms with Gasteiger partial charge >= 0.3 is 6.03 Å². The molecule has 0 aliphatic rings. The highest BCUT2D eigenvalue weighted by molar-refractivity contribution is 6.08. The van der Waals surface area contributed by atoms with Crippen LogP contribution in [0, 0.1) is 11.3 Å². The molecule has 0 saturated heterocycles. The van der Waals surface area contributed by atoms with E-state index in [0.717, 1.165) is 0 Å². The smallest absolute Gasteiger partial charge is 0.319 e. The fourth-order valence-corrected chi connectivity index (χ4v) is 1.44. The Morgan fingerprint density at radius 2 is 1.95 bits per heavy atom. The summed E-state index contributed by atoms with van der Waals surface area (Å²) in [7, 11) is 2.96. The first-order valence-corrected chi connectivity index (χ1v) is 5.46. The summed E-state index contributed by atoms with van der Waals surface area (Å²) in [5.41, 5.74) is 5.11. The summed E-state index contributed by atoms with van der Waals surface area (Å²) in [6, 6.07) is 5.52.